The molecule has 0 spiro atoms. The molecule has 3 rings (SSSR count). The van der Waals surface area contributed by atoms with Gasteiger partial charge in [-0.05, 0) is 18.9 Å². The van der Waals surface area contributed by atoms with Crippen molar-refractivity contribution in [2.45, 2.75) is 38.5 Å². The van der Waals surface area contributed by atoms with Crippen LogP contribution < -0.4 is 20.1 Å². The summed E-state index contributed by atoms with van der Waals surface area (Å²) in [4.78, 5) is 25.7. The molecule has 1 aromatic heterocycles. The molecule has 1 aliphatic rings. The summed E-state index contributed by atoms with van der Waals surface area (Å²) in [7, 11) is 3.18. The minimum atomic E-state index is 0.246. The average Bonchev–Trinajstić information content (AvgIpc) is 2.80. The molecule has 1 fully saturated rings. The Hall–Kier alpha value is -2.29. The van der Waals surface area contributed by atoms with Gasteiger partial charge < -0.3 is 25.0 Å². The van der Waals surface area contributed by atoms with Gasteiger partial charge in [-0.1, -0.05) is 35.2 Å². The number of hydrogen-bond donors (Lipinski definition) is 1. The minimum absolute atomic E-state index is 0.246. The first-order valence-electron chi connectivity index (χ1n) is 10.8. The third-order valence-electron chi connectivity index (χ3n) is 5.66. The minimum Gasteiger partial charge on any atom is -0.493 e. The van der Waals surface area contributed by atoms with Gasteiger partial charge in [-0.25, -0.2) is 4.98 Å². The zero-order valence-electron chi connectivity index (χ0n) is 18.4. The van der Waals surface area contributed by atoms with Crippen molar-refractivity contribution in [1.29, 1.82) is 0 Å². The van der Waals surface area contributed by atoms with Gasteiger partial charge in [0.15, 0.2) is 11.5 Å². The number of alkyl halides is 1. The van der Waals surface area contributed by atoms with Crippen LogP contribution in [0, 0.1) is 0 Å². The van der Waals surface area contributed by atoms with Crippen LogP contribution in [0.15, 0.2) is 12.1 Å². The lowest BCUT2D eigenvalue weighted by Crippen LogP contribution is -2.49. The molecule has 0 atom stereocenters. The highest BCUT2D eigenvalue weighted by Gasteiger charge is 2.23. The Labute approximate surface area is 192 Å². The first-order chi connectivity index (χ1) is 15.1. The number of aromatic nitrogens is 2. The van der Waals surface area contributed by atoms with Crippen LogP contribution in [0.4, 0.5) is 11.8 Å². The molecular formula is C22H32BrN5O3. The molecule has 1 amide bonds. The molecule has 0 saturated carbocycles. The first-order valence-corrected chi connectivity index (χ1v) is 12.0. The van der Waals surface area contributed by atoms with Crippen LogP contribution in [-0.4, -0.2) is 66.5 Å². The highest BCUT2D eigenvalue weighted by molar-refractivity contribution is 9.09. The Bertz CT molecular complexity index is 887. The smallest absolute Gasteiger partial charge is 0.228 e. The summed E-state index contributed by atoms with van der Waals surface area (Å²) >= 11 is 3.45. The number of benzene rings is 1. The Balaban J connectivity index is 1.58. The lowest BCUT2D eigenvalue weighted by Gasteiger charge is -2.35. The second kappa shape index (κ2) is 11.4. The Morgan fingerprint density at radius 3 is 2.32 bits per heavy atom. The second-order valence-corrected chi connectivity index (χ2v) is 8.50. The van der Waals surface area contributed by atoms with E-state index in [9.17, 15) is 4.79 Å². The van der Waals surface area contributed by atoms with E-state index in [4.69, 9.17) is 20.2 Å². The number of carbonyl (C=O) groups excluding carboxylic acids is 1. The van der Waals surface area contributed by atoms with Crippen LogP contribution in [0.3, 0.4) is 0 Å². The molecule has 2 N–H and O–H groups in total. The molecule has 2 heterocycles. The fraction of sp³-hybridized carbons (Fsp3) is 0.591. The van der Waals surface area contributed by atoms with E-state index in [1.807, 2.05) is 11.0 Å². The predicted octanol–water partition coefficient (Wildman–Crippen LogP) is 3.61. The van der Waals surface area contributed by atoms with E-state index in [0.29, 0.717) is 61.4 Å². The van der Waals surface area contributed by atoms with Gasteiger partial charge in [-0.3, -0.25) is 4.79 Å². The SMILES string of the molecule is COc1cc2nc(N3CCN(C(=O)CCCCCCCBr)CC3)nc(N)c2cc1OC. The Kier molecular flexibility index (Phi) is 8.57. The number of rotatable bonds is 10. The van der Waals surface area contributed by atoms with E-state index in [0.717, 1.165) is 23.6 Å². The lowest BCUT2D eigenvalue weighted by atomic mass is 10.1. The van der Waals surface area contributed by atoms with E-state index in [1.165, 1.54) is 19.3 Å². The maximum atomic E-state index is 12.5. The largest absolute Gasteiger partial charge is 0.493 e. The van der Waals surface area contributed by atoms with Crippen molar-refractivity contribution in [3.8, 4) is 11.5 Å². The first kappa shape index (κ1) is 23.4. The molecule has 1 saturated heterocycles. The fourth-order valence-electron chi connectivity index (χ4n) is 3.82. The summed E-state index contributed by atoms with van der Waals surface area (Å²) < 4.78 is 10.7. The second-order valence-electron chi connectivity index (χ2n) is 7.71. The van der Waals surface area contributed by atoms with E-state index >= 15 is 0 Å². The maximum Gasteiger partial charge on any atom is 0.228 e. The number of nitrogen functional groups attached to an aromatic ring is 1. The number of anilines is 2. The van der Waals surface area contributed by atoms with Gasteiger partial charge in [-0.15, -0.1) is 0 Å². The number of carbonyl (C=O) groups is 1. The average molecular weight is 494 g/mol. The molecule has 31 heavy (non-hydrogen) atoms. The highest BCUT2D eigenvalue weighted by Crippen LogP contribution is 2.34. The zero-order valence-corrected chi connectivity index (χ0v) is 20.0. The van der Waals surface area contributed by atoms with Crippen molar-refractivity contribution in [2.24, 2.45) is 0 Å². The number of fused-ring (bicyclic) bond motifs is 1. The molecule has 0 aliphatic carbocycles. The van der Waals surface area contributed by atoms with E-state index in [2.05, 4.69) is 25.8 Å². The van der Waals surface area contributed by atoms with Crippen molar-refractivity contribution in [3.63, 3.8) is 0 Å². The molecule has 9 heteroatoms. The molecule has 8 nitrogen and oxygen atoms in total. The maximum absolute atomic E-state index is 12.5. The fourth-order valence-corrected chi connectivity index (χ4v) is 4.22. The van der Waals surface area contributed by atoms with Gasteiger partial charge in [0.25, 0.3) is 0 Å². The monoisotopic (exact) mass is 493 g/mol. The number of unbranched alkanes of at least 4 members (excludes halogenated alkanes) is 4. The van der Waals surface area contributed by atoms with Crippen LogP contribution in [0.5, 0.6) is 11.5 Å². The van der Waals surface area contributed by atoms with E-state index in [1.54, 1.807) is 20.3 Å². The summed E-state index contributed by atoms with van der Waals surface area (Å²) in [5.41, 5.74) is 6.92. The van der Waals surface area contributed by atoms with Crippen molar-refractivity contribution in [1.82, 2.24) is 14.9 Å². The van der Waals surface area contributed by atoms with Crippen LogP contribution in [0.2, 0.25) is 0 Å². The number of halogens is 1. The van der Waals surface area contributed by atoms with Gasteiger partial charge >= 0.3 is 0 Å². The van der Waals surface area contributed by atoms with Gasteiger partial charge in [0, 0.05) is 49.4 Å². The van der Waals surface area contributed by atoms with Crippen LogP contribution >= 0.6 is 15.9 Å². The van der Waals surface area contributed by atoms with Crippen molar-refractivity contribution in [3.05, 3.63) is 12.1 Å². The Morgan fingerprint density at radius 1 is 1.00 bits per heavy atom. The van der Waals surface area contributed by atoms with Crippen molar-refractivity contribution >= 4 is 44.5 Å². The number of piperazine rings is 1. The van der Waals surface area contributed by atoms with Crippen molar-refractivity contribution in [2.75, 3.05) is 56.4 Å². The quantitative estimate of drug-likeness (QED) is 0.398. The molecular weight excluding hydrogens is 462 g/mol. The van der Waals surface area contributed by atoms with Crippen LogP contribution in [-0.2, 0) is 4.79 Å². The number of methoxy groups -OCH3 is 2. The third kappa shape index (κ3) is 5.90. The summed E-state index contributed by atoms with van der Waals surface area (Å²) in [6.45, 7) is 2.73. The number of hydrogen-bond acceptors (Lipinski definition) is 7. The highest BCUT2D eigenvalue weighted by atomic mass is 79.9. The van der Waals surface area contributed by atoms with Gasteiger partial charge in [0.1, 0.15) is 5.82 Å². The molecule has 0 bridgehead atoms. The summed E-state index contributed by atoms with van der Waals surface area (Å²) in [6, 6.07) is 3.61. The van der Waals surface area contributed by atoms with Gasteiger partial charge in [0.2, 0.25) is 11.9 Å². The molecule has 2 aromatic rings. The lowest BCUT2D eigenvalue weighted by molar-refractivity contribution is -0.131. The summed E-state index contributed by atoms with van der Waals surface area (Å²) in [5, 5.41) is 1.79. The van der Waals surface area contributed by atoms with Gasteiger partial charge in [0.05, 0.1) is 19.7 Å². The molecule has 1 aliphatic heterocycles. The normalized spacial score (nSPS) is 14.2. The van der Waals surface area contributed by atoms with E-state index in [-0.39, 0.29) is 5.91 Å². The third-order valence-corrected chi connectivity index (χ3v) is 6.22. The standard InChI is InChI=1S/C22H32BrN5O3/c1-30-18-14-16-17(15-19(18)31-2)25-22(26-21(16)24)28-12-10-27(11-13-28)20(29)8-6-4-3-5-7-9-23/h14-15H,3-13H2,1-2H3,(H2,24,25,26). The summed E-state index contributed by atoms with van der Waals surface area (Å²) in [6.07, 6.45) is 6.36. The molecule has 0 radical (unpaired) electrons. The van der Waals surface area contributed by atoms with Crippen molar-refractivity contribution < 1.29 is 14.3 Å². The number of nitrogens with zero attached hydrogens (tertiary/aromatic N) is 4. The van der Waals surface area contributed by atoms with Gasteiger partial charge in [-0.2, -0.15) is 4.98 Å². The number of ether oxygens (including phenoxy) is 2. The molecule has 0 unspecified atom stereocenters. The van der Waals surface area contributed by atoms with Crippen LogP contribution in [0.25, 0.3) is 10.9 Å². The Morgan fingerprint density at radius 2 is 1.65 bits per heavy atom. The predicted molar refractivity (Wildman–Crippen MR) is 127 cm³/mol. The van der Waals surface area contributed by atoms with Crippen LogP contribution in [0.1, 0.15) is 38.5 Å². The molecule has 170 valence electrons. The number of amides is 1. The summed E-state index contributed by atoms with van der Waals surface area (Å²) in [5.74, 6) is 2.42. The zero-order chi connectivity index (χ0) is 22.2. The number of nitrogens with two attached hydrogens (primary N) is 1. The molecule has 1 aromatic carbocycles. The van der Waals surface area contributed by atoms with E-state index < -0.39 is 0 Å². The topological polar surface area (TPSA) is 93.8 Å².